The van der Waals surface area contributed by atoms with Gasteiger partial charge in [0.25, 0.3) is 5.91 Å². The second-order valence-electron chi connectivity index (χ2n) is 4.98. The van der Waals surface area contributed by atoms with E-state index in [9.17, 15) is 4.79 Å². The lowest BCUT2D eigenvalue weighted by atomic mass is 10.1. The molecule has 0 saturated carbocycles. The third-order valence-corrected chi connectivity index (χ3v) is 2.65. The van der Waals surface area contributed by atoms with E-state index in [0.717, 1.165) is 18.6 Å². The predicted octanol–water partition coefficient (Wildman–Crippen LogP) is 2.36. The van der Waals surface area contributed by atoms with Crippen LogP contribution in [0.1, 0.15) is 36.2 Å². The van der Waals surface area contributed by atoms with Crippen molar-refractivity contribution < 1.29 is 9.53 Å². The van der Waals surface area contributed by atoms with Crippen LogP contribution in [-0.4, -0.2) is 25.7 Å². The van der Waals surface area contributed by atoms with Crippen molar-refractivity contribution in [3.63, 3.8) is 0 Å². The van der Waals surface area contributed by atoms with Gasteiger partial charge in [-0.1, -0.05) is 26.0 Å². The molecule has 0 aliphatic rings. The maximum atomic E-state index is 11.8. The topological polar surface area (TPSA) is 64.3 Å². The molecule has 0 bridgehead atoms. The lowest BCUT2D eigenvalue weighted by Crippen LogP contribution is -2.25. The third-order valence-electron chi connectivity index (χ3n) is 2.65. The van der Waals surface area contributed by atoms with Crippen LogP contribution < -0.4 is 11.1 Å². The van der Waals surface area contributed by atoms with Crippen molar-refractivity contribution in [3.05, 3.63) is 35.4 Å². The number of carbonyl (C=O) groups is 1. The van der Waals surface area contributed by atoms with Gasteiger partial charge >= 0.3 is 0 Å². The Labute approximate surface area is 127 Å². The Morgan fingerprint density at radius 2 is 1.95 bits per heavy atom. The van der Waals surface area contributed by atoms with Gasteiger partial charge in [0.1, 0.15) is 0 Å². The van der Waals surface area contributed by atoms with Gasteiger partial charge in [-0.15, -0.1) is 12.4 Å². The van der Waals surface area contributed by atoms with Crippen molar-refractivity contribution in [2.75, 3.05) is 19.8 Å². The Hall–Kier alpha value is -1.10. The second-order valence-corrected chi connectivity index (χ2v) is 4.98. The normalized spacial score (nSPS) is 10.2. The molecule has 1 aromatic carbocycles. The SMILES string of the molecule is CC(C)COCCCNC(=O)c1ccc(CN)cc1.Cl. The minimum Gasteiger partial charge on any atom is -0.381 e. The van der Waals surface area contributed by atoms with Crippen LogP contribution in [0.5, 0.6) is 0 Å². The highest BCUT2D eigenvalue weighted by Crippen LogP contribution is 2.03. The van der Waals surface area contributed by atoms with E-state index < -0.39 is 0 Å². The van der Waals surface area contributed by atoms with Gasteiger partial charge < -0.3 is 15.8 Å². The summed E-state index contributed by atoms with van der Waals surface area (Å²) in [5.41, 5.74) is 7.20. The van der Waals surface area contributed by atoms with Crippen LogP contribution in [0.2, 0.25) is 0 Å². The molecular weight excluding hydrogens is 276 g/mol. The Balaban J connectivity index is 0.00000361. The number of hydrogen-bond donors (Lipinski definition) is 2. The van der Waals surface area contributed by atoms with Crippen LogP contribution in [0.25, 0.3) is 0 Å². The van der Waals surface area contributed by atoms with Crippen molar-refractivity contribution >= 4 is 18.3 Å². The van der Waals surface area contributed by atoms with Crippen LogP contribution in [0.4, 0.5) is 0 Å². The number of nitrogens with two attached hydrogens (primary N) is 1. The summed E-state index contributed by atoms with van der Waals surface area (Å²) in [4.78, 5) is 11.8. The molecule has 5 heteroatoms. The fourth-order valence-electron chi connectivity index (χ4n) is 1.59. The van der Waals surface area contributed by atoms with Crippen LogP contribution >= 0.6 is 12.4 Å². The van der Waals surface area contributed by atoms with Crippen molar-refractivity contribution in [1.29, 1.82) is 0 Å². The molecule has 0 fully saturated rings. The van der Waals surface area contributed by atoms with Gasteiger partial charge in [0, 0.05) is 31.9 Å². The number of carbonyl (C=O) groups excluding carboxylic acids is 1. The molecule has 0 unspecified atom stereocenters. The number of amides is 1. The highest BCUT2D eigenvalue weighted by molar-refractivity contribution is 5.94. The number of halogens is 1. The van der Waals surface area contributed by atoms with Gasteiger partial charge in [-0.2, -0.15) is 0 Å². The van der Waals surface area contributed by atoms with E-state index in [-0.39, 0.29) is 18.3 Å². The van der Waals surface area contributed by atoms with Crippen molar-refractivity contribution in [3.8, 4) is 0 Å². The highest BCUT2D eigenvalue weighted by Gasteiger charge is 2.04. The molecule has 4 nitrogen and oxygen atoms in total. The van der Waals surface area contributed by atoms with E-state index in [0.29, 0.717) is 31.2 Å². The minimum absolute atomic E-state index is 0. The summed E-state index contributed by atoms with van der Waals surface area (Å²) < 4.78 is 5.45. The average Bonchev–Trinajstić information content (AvgIpc) is 2.42. The molecule has 0 aromatic heterocycles. The number of benzene rings is 1. The first kappa shape index (κ1) is 18.9. The fraction of sp³-hybridized carbons (Fsp3) is 0.533. The molecule has 3 N–H and O–H groups in total. The van der Waals surface area contributed by atoms with Gasteiger partial charge in [-0.05, 0) is 30.0 Å². The Morgan fingerprint density at radius 3 is 2.50 bits per heavy atom. The Kier molecular flexibility index (Phi) is 10.1. The molecule has 1 amide bonds. The van der Waals surface area contributed by atoms with Crippen molar-refractivity contribution in [2.45, 2.75) is 26.8 Å². The standard InChI is InChI=1S/C15H24N2O2.ClH/c1-12(2)11-19-9-3-8-17-15(18)14-6-4-13(10-16)5-7-14;/h4-7,12H,3,8-11,16H2,1-2H3,(H,17,18);1H. The largest absolute Gasteiger partial charge is 0.381 e. The van der Waals surface area contributed by atoms with Crippen LogP contribution in [0.15, 0.2) is 24.3 Å². The quantitative estimate of drug-likeness (QED) is 0.724. The van der Waals surface area contributed by atoms with E-state index in [1.165, 1.54) is 0 Å². The summed E-state index contributed by atoms with van der Waals surface area (Å²) in [5, 5.41) is 2.87. The number of ether oxygens (including phenoxy) is 1. The van der Waals surface area contributed by atoms with E-state index in [1.807, 2.05) is 12.1 Å². The molecule has 0 heterocycles. The van der Waals surface area contributed by atoms with Crippen LogP contribution in [0.3, 0.4) is 0 Å². The number of rotatable bonds is 8. The number of hydrogen-bond acceptors (Lipinski definition) is 3. The van der Waals surface area contributed by atoms with E-state index in [1.54, 1.807) is 12.1 Å². The first-order chi connectivity index (χ1) is 9.13. The maximum Gasteiger partial charge on any atom is 0.251 e. The summed E-state index contributed by atoms with van der Waals surface area (Å²) in [6, 6.07) is 7.35. The van der Waals surface area contributed by atoms with Gasteiger partial charge in [0.15, 0.2) is 0 Å². The highest BCUT2D eigenvalue weighted by atomic mass is 35.5. The Bertz CT molecular complexity index is 380. The molecule has 0 aliphatic carbocycles. The molecule has 0 saturated heterocycles. The summed E-state index contributed by atoms with van der Waals surface area (Å²) in [6.07, 6.45) is 0.833. The summed E-state index contributed by atoms with van der Waals surface area (Å²) >= 11 is 0. The number of nitrogens with one attached hydrogen (secondary N) is 1. The molecule has 0 spiro atoms. The third kappa shape index (κ3) is 7.48. The maximum absolute atomic E-state index is 11.8. The lowest BCUT2D eigenvalue weighted by molar-refractivity contribution is 0.0925. The average molecular weight is 301 g/mol. The van der Waals surface area contributed by atoms with Gasteiger partial charge in [-0.25, -0.2) is 0 Å². The molecule has 1 rings (SSSR count). The lowest BCUT2D eigenvalue weighted by Gasteiger charge is -2.08. The van der Waals surface area contributed by atoms with Crippen LogP contribution in [-0.2, 0) is 11.3 Å². The summed E-state index contributed by atoms with van der Waals surface area (Å²) in [6.45, 7) is 6.82. The molecule has 1 aromatic rings. The first-order valence-electron chi connectivity index (χ1n) is 6.78. The zero-order valence-corrected chi connectivity index (χ0v) is 13.0. The molecular formula is C15H25ClN2O2. The molecule has 20 heavy (non-hydrogen) atoms. The predicted molar refractivity (Wildman–Crippen MR) is 84.2 cm³/mol. The Morgan fingerprint density at radius 1 is 1.30 bits per heavy atom. The van der Waals surface area contributed by atoms with Gasteiger partial charge in [0.05, 0.1) is 0 Å². The molecule has 0 aliphatic heterocycles. The molecule has 0 radical (unpaired) electrons. The second kappa shape index (κ2) is 10.7. The molecule has 0 atom stereocenters. The van der Waals surface area contributed by atoms with Crippen molar-refractivity contribution in [2.24, 2.45) is 11.7 Å². The fourth-order valence-corrected chi connectivity index (χ4v) is 1.59. The van der Waals surface area contributed by atoms with Gasteiger partial charge in [-0.3, -0.25) is 4.79 Å². The first-order valence-corrected chi connectivity index (χ1v) is 6.78. The smallest absolute Gasteiger partial charge is 0.251 e. The zero-order valence-electron chi connectivity index (χ0n) is 12.2. The summed E-state index contributed by atoms with van der Waals surface area (Å²) in [7, 11) is 0. The zero-order chi connectivity index (χ0) is 14.1. The van der Waals surface area contributed by atoms with E-state index in [4.69, 9.17) is 10.5 Å². The van der Waals surface area contributed by atoms with Crippen LogP contribution in [0, 0.1) is 5.92 Å². The molecule has 114 valence electrons. The van der Waals surface area contributed by atoms with Gasteiger partial charge in [0.2, 0.25) is 0 Å². The van der Waals surface area contributed by atoms with E-state index in [2.05, 4.69) is 19.2 Å². The minimum atomic E-state index is -0.0487. The monoisotopic (exact) mass is 300 g/mol. The summed E-state index contributed by atoms with van der Waals surface area (Å²) in [5.74, 6) is 0.503. The van der Waals surface area contributed by atoms with E-state index >= 15 is 0 Å². The van der Waals surface area contributed by atoms with Crippen molar-refractivity contribution in [1.82, 2.24) is 5.32 Å².